The van der Waals surface area contributed by atoms with Crippen molar-refractivity contribution in [2.45, 2.75) is 33.7 Å². The van der Waals surface area contributed by atoms with Gasteiger partial charge in [0.25, 0.3) is 5.89 Å². The SMILES string of the molecule is CCN(CC)CC(N)c1noc(-c2c(C)cccc2C)n1. The number of aromatic nitrogens is 2. The molecule has 1 aromatic heterocycles. The first-order chi connectivity index (χ1) is 10.1. The highest BCUT2D eigenvalue weighted by molar-refractivity contribution is 5.62. The molecule has 1 heterocycles. The van der Waals surface area contributed by atoms with E-state index in [0.29, 0.717) is 11.7 Å². The number of nitrogens with zero attached hydrogens (tertiary/aromatic N) is 3. The Morgan fingerprint density at radius 2 is 1.81 bits per heavy atom. The van der Waals surface area contributed by atoms with Gasteiger partial charge < -0.3 is 15.2 Å². The van der Waals surface area contributed by atoms with E-state index in [1.165, 1.54) is 0 Å². The highest BCUT2D eigenvalue weighted by atomic mass is 16.5. The number of hydrogen-bond acceptors (Lipinski definition) is 5. The molecule has 1 atom stereocenters. The van der Waals surface area contributed by atoms with E-state index in [2.05, 4.69) is 28.9 Å². The molecular weight excluding hydrogens is 264 g/mol. The predicted octanol–water partition coefficient (Wildman–Crippen LogP) is 2.70. The van der Waals surface area contributed by atoms with Crippen LogP contribution in [0, 0.1) is 13.8 Å². The van der Waals surface area contributed by atoms with Crippen molar-refractivity contribution < 1.29 is 4.52 Å². The molecule has 0 spiro atoms. The number of nitrogens with two attached hydrogens (primary N) is 1. The van der Waals surface area contributed by atoms with Crippen LogP contribution in [-0.4, -0.2) is 34.7 Å². The van der Waals surface area contributed by atoms with Gasteiger partial charge in [-0.3, -0.25) is 0 Å². The third kappa shape index (κ3) is 3.49. The van der Waals surface area contributed by atoms with Gasteiger partial charge in [-0.25, -0.2) is 0 Å². The summed E-state index contributed by atoms with van der Waals surface area (Å²) in [7, 11) is 0. The van der Waals surface area contributed by atoms with Crippen LogP contribution in [0.25, 0.3) is 11.5 Å². The van der Waals surface area contributed by atoms with E-state index >= 15 is 0 Å². The second-order valence-corrected chi connectivity index (χ2v) is 5.32. The Bertz CT molecular complexity index is 569. The lowest BCUT2D eigenvalue weighted by molar-refractivity contribution is 0.278. The average Bonchev–Trinajstić information content (AvgIpc) is 2.94. The molecule has 0 aliphatic carbocycles. The molecule has 0 fully saturated rings. The minimum absolute atomic E-state index is 0.230. The molecule has 0 radical (unpaired) electrons. The standard InChI is InChI=1S/C16H24N4O/c1-5-20(6-2)10-13(17)15-18-16(21-19-15)14-11(3)8-7-9-12(14)4/h7-9,13H,5-6,10,17H2,1-4H3. The van der Waals surface area contributed by atoms with Gasteiger partial charge in [0.1, 0.15) is 0 Å². The average molecular weight is 288 g/mol. The molecule has 0 aliphatic heterocycles. The van der Waals surface area contributed by atoms with Crippen LogP contribution >= 0.6 is 0 Å². The molecule has 0 saturated carbocycles. The molecule has 0 amide bonds. The molecule has 114 valence electrons. The molecule has 1 unspecified atom stereocenters. The Labute approximate surface area is 126 Å². The van der Waals surface area contributed by atoms with Gasteiger partial charge in [0.05, 0.1) is 6.04 Å². The van der Waals surface area contributed by atoms with Gasteiger partial charge in [0, 0.05) is 12.1 Å². The van der Waals surface area contributed by atoms with E-state index in [0.717, 1.165) is 36.3 Å². The molecule has 2 N–H and O–H groups in total. The fourth-order valence-corrected chi connectivity index (χ4v) is 2.48. The lowest BCUT2D eigenvalue weighted by Gasteiger charge is -2.20. The van der Waals surface area contributed by atoms with Gasteiger partial charge in [-0.1, -0.05) is 37.2 Å². The normalized spacial score (nSPS) is 12.9. The Morgan fingerprint density at radius 1 is 1.19 bits per heavy atom. The Hall–Kier alpha value is -1.72. The van der Waals surface area contributed by atoms with Gasteiger partial charge in [0.2, 0.25) is 0 Å². The van der Waals surface area contributed by atoms with Gasteiger partial charge in [-0.2, -0.15) is 4.98 Å². The van der Waals surface area contributed by atoms with Gasteiger partial charge in [-0.05, 0) is 38.1 Å². The van der Waals surface area contributed by atoms with E-state index in [1.807, 2.05) is 32.0 Å². The van der Waals surface area contributed by atoms with Crippen molar-refractivity contribution in [1.82, 2.24) is 15.0 Å². The van der Waals surface area contributed by atoms with Crippen LogP contribution in [0.3, 0.4) is 0 Å². The third-order valence-corrected chi connectivity index (χ3v) is 3.82. The van der Waals surface area contributed by atoms with Crippen molar-refractivity contribution in [1.29, 1.82) is 0 Å². The van der Waals surface area contributed by atoms with E-state index in [4.69, 9.17) is 10.3 Å². The van der Waals surface area contributed by atoms with Gasteiger partial charge >= 0.3 is 0 Å². The van der Waals surface area contributed by atoms with Crippen LogP contribution in [0.4, 0.5) is 0 Å². The molecule has 1 aromatic carbocycles. The lowest BCUT2D eigenvalue weighted by Crippen LogP contribution is -2.32. The highest BCUT2D eigenvalue weighted by Gasteiger charge is 2.19. The molecular formula is C16H24N4O. The molecule has 5 heteroatoms. The maximum atomic E-state index is 6.19. The van der Waals surface area contributed by atoms with E-state index in [1.54, 1.807) is 0 Å². The summed E-state index contributed by atoms with van der Waals surface area (Å²) in [4.78, 5) is 6.74. The molecule has 0 bridgehead atoms. The number of rotatable bonds is 6. The van der Waals surface area contributed by atoms with Crippen molar-refractivity contribution in [2.75, 3.05) is 19.6 Å². The highest BCUT2D eigenvalue weighted by Crippen LogP contribution is 2.26. The Balaban J connectivity index is 2.22. The maximum Gasteiger partial charge on any atom is 0.258 e. The Morgan fingerprint density at radius 3 is 2.38 bits per heavy atom. The lowest BCUT2D eigenvalue weighted by atomic mass is 10.0. The largest absolute Gasteiger partial charge is 0.334 e. The second kappa shape index (κ2) is 6.83. The molecule has 2 rings (SSSR count). The summed E-state index contributed by atoms with van der Waals surface area (Å²) in [6.45, 7) is 11.0. The summed E-state index contributed by atoms with van der Waals surface area (Å²) in [5.74, 6) is 1.12. The van der Waals surface area contributed by atoms with Crippen molar-refractivity contribution in [2.24, 2.45) is 5.73 Å². The monoisotopic (exact) mass is 288 g/mol. The number of hydrogen-bond donors (Lipinski definition) is 1. The first-order valence-corrected chi connectivity index (χ1v) is 7.44. The topological polar surface area (TPSA) is 68.2 Å². The van der Waals surface area contributed by atoms with Crippen LogP contribution < -0.4 is 5.73 Å². The van der Waals surface area contributed by atoms with Crippen LogP contribution in [-0.2, 0) is 0 Å². The smallest absolute Gasteiger partial charge is 0.258 e. The molecule has 0 aliphatic rings. The summed E-state index contributed by atoms with van der Waals surface area (Å²) in [5, 5.41) is 4.06. The van der Waals surface area contributed by atoms with Gasteiger partial charge in [-0.15, -0.1) is 0 Å². The minimum atomic E-state index is -0.230. The van der Waals surface area contributed by atoms with Crippen LogP contribution in [0.15, 0.2) is 22.7 Å². The molecule has 0 saturated heterocycles. The van der Waals surface area contributed by atoms with E-state index < -0.39 is 0 Å². The summed E-state index contributed by atoms with van der Waals surface area (Å²) in [6, 6.07) is 5.88. The Kier molecular flexibility index (Phi) is 5.09. The van der Waals surface area contributed by atoms with E-state index in [-0.39, 0.29) is 6.04 Å². The van der Waals surface area contributed by atoms with E-state index in [9.17, 15) is 0 Å². The number of aryl methyl sites for hydroxylation is 2. The maximum absolute atomic E-state index is 6.19. The zero-order chi connectivity index (χ0) is 15.4. The minimum Gasteiger partial charge on any atom is -0.334 e. The molecule has 2 aromatic rings. The fourth-order valence-electron chi connectivity index (χ4n) is 2.48. The van der Waals surface area contributed by atoms with Crippen LogP contribution in [0.5, 0.6) is 0 Å². The van der Waals surface area contributed by atoms with Gasteiger partial charge in [0.15, 0.2) is 5.82 Å². The fraction of sp³-hybridized carbons (Fsp3) is 0.500. The first kappa shape index (κ1) is 15.7. The van der Waals surface area contributed by atoms with Crippen molar-refractivity contribution in [3.63, 3.8) is 0 Å². The molecule has 5 nitrogen and oxygen atoms in total. The van der Waals surface area contributed by atoms with Crippen molar-refractivity contribution >= 4 is 0 Å². The zero-order valence-corrected chi connectivity index (χ0v) is 13.3. The summed E-state index contributed by atoms with van der Waals surface area (Å²) < 4.78 is 5.42. The quantitative estimate of drug-likeness (QED) is 0.885. The first-order valence-electron chi connectivity index (χ1n) is 7.44. The van der Waals surface area contributed by atoms with Crippen molar-refractivity contribution in [3.8, 4) is 11.5 Å². The van der Waals surface area contributed by atoms with Crippen molar-refractivity contribution in [3.05, 3.63) is 35.2 Å². The summed E-state index contributed by atoms with van der Waals surface area (Å²) >= 11 is 0. The third-order valence-electron chi connectivity index (χ3n) is 3.82. The number of likely N-dealkylation sites (N-methyl/N-ethyl adjacent to an activating group) is 1. The van der Waals surface area contributed by atoms with Crippen LogP contribution in [0.2, 0.25) is 0 Å². The summed E-state index contributed by atoms with van der Waals surface area (Å²) in [6.07, 6.45) is 0. The van der Waals surface area contributed by atoms with Crippen LogP contribution in [0.1, 0.15) is 36.8 Å². The number of benzene rings is 1. The second-order valence-electron chi connectivity index (χ2n) is 5.32. The summed E-state index contributed by atoms with van der Waals surface area (Å²) in [5.41, 5.74) is 9.45. The molecule has 21 heavy (non-hydrogen) atoms. The zero-order valence-electron chi connectivity index (χ0n) is 13.3. The predicted molar refractivity (Wildman–Crippen MR) is 83.9 cm³/mol.